The largest absolute Gasteiger partial charge is 0.490 e. The summed E-state index contributed by atoms with van der Waals surface area (Å²) in [6, 6.07) is 17.1. The number of amides is 1. The molecule has 0 spiro atoms. The first-order valence-corrected chi connectivity index (χ1v) is 15.1. The molecule has 49 heavy (non-hydrogen) atoms. The Labute approximate surface area is 273 Å². The van der Waals surface area contributed by atoms with Crippen LogP contribution in [0.25, 0.3) is 16.7 Å². The van der Waals surface area contributed by atoms with Gasteiger partial charge in [-0.3, -0.25) is 9.78 Å². The molecular weight excluding hydrogens is 690 g/mol. The number of pyridine rings is 1. The van der Waals surface area contributed by atoms with Gasteiger partial charge in [0.1, 0.15) is 5.71 Å². The maximum atomic E-state index is 13.2. The second-order valence-corrected chi connectivity index (χ2v) is 11.7. The van der Waals surface area contributed by atoms with Gasteiger partial charge in [0.15, 0.2) is 9.84 Å². The third-order valence-corrected chi connectivity index (χ3v) is 7.43. The number of nitrogens with zero attached hydrogens (tertiary/aromatic N) is 2. The summed E-state index contributed by atoms with van der Waals surface area (Å²) < 4.78 is 87.8. The van der Waals surface area contributed by atoms with E-state index in [1.54, 1.807) is 73.8 Å². The summed E-state index contributed by atoms with van der Waals surface area (Å²) in [5.74, 6) is -5.87. The van der Waals surface area contributed by atoms with E-state index in [1.165, 1.54) is 6.26 Å². The van der Waals surface area contributed by atoms with Crippen molar-refractivity contribution in [2.75, 3.05) is 11.6 Å². The van der Waals surface area contributed by atoms with Crippen molar-refractivity contribution in [3.8, 4) is 11.1 Å². The summed E-state index contributed by atoms with van der Waals surface area (Å²) >= 11 is 0. The summed E-state index contributed by atoms with van der Waals surface area (Å²) in [6.07, 6.45) is -5.24. The number of rotatable bonds is 5. The van der Waals surface area contributed by atoms with Crippen LogP contribution in [0.4, 0.5) is 32.0 Å². The van der Waals surface area contributed by atoms with Crippen LogP contribution in [-0.2, 0) is 19.4 Å². The standard InChI is InChI=1S/C26H24N4O4S.2C2HF3O2/c1-16-19(13-14-22(30-32)24(16)27)25-21(7-5-15-28-25)26(31)29-18-11-9-17(10-12-18)20-6-3-4-8-23(20)35(2,33)34;2*3-2(4,5)1(6)7/h3-13,15,32H,14,27H2,1-2H3,(H,29,31);2*(H,6,7). The number of alkyl halides is 6. The number of carboxylic acids is 2. The van der Waals surface area contributed by atoms with Crippen molar-refractivity contribution in [1.29, 1.82) is 0 Å². The lowest BCUT2D eigenvalue weighted by Crippen LogP contribution is -2.21. The number of allylic oxidation sites excluding steroid dienone is 4. The smallest absolute Gasteiger partial charge is 0.475 e. The molecule has 1 aromatic heterocycles. The number of carboxylic acid groups (broad SMARTS) is 2. The lowest BCUT2D eigenvalue weighted by atomic mass is 9.90. The van der Waals surface area contributed by atoms with Crippen LogP contribution in [0.3, 0.4) is 0 Å². The molecule has 0 radical (unpaired) electrons. The van der Waals surface area contributed by atoms with E-state index in [2.05, 4.69) is 15.5 Å². The first kappa shape index (κ1) is 39.5. The highest BCUT2D eigenvalue weighted by atomic mass is 32.2. The molecule has 0 fully saturated rings. The predicted octanol–water partition coefficient (Wildman–Crippen LogP) is 5.52. The molecule has 0 atom stereocenters. The molecule has 19 heteroatoms. The predicted molar refractivity (Wildman–Crippen MR) is 163 cm³/mol. The Hall–Kier alpha value is -5.72. The lowest BCUT2D eigenvalue weighted by Gasteiger charge is -2.19. The fraction of sp³-hybridized carbons (Fsp3) is 0.167. The normalized spacial score (nSPS) is 14.0. The first-order valence-electron chi connectivity index (χ1n) is 13.2. The van der Waals surface area contributed by atoms with E-state index in [0.29, 0.717) is 51.5 Å². The van der Waals surface area contributed by atoms with Crippen molar-refractivity contribution in [1.82, 2.24) is 4.98 Å². The van der Waals surface area contributed by atoms with E-state index in [9.17, 15) is 39.6 Å². The second kappa shape index (κ2) is 15.9. The monoisotopic (exact) mass is 716 g/mol. The minimum Gasteiger partial charge on any atom is -0.475 e. The molecule has 0 saturated carbocycles. The molecular formula is C30H26F6N4O8S. The Morgan fingerprint density at radius 3 is 1.92 bits per heavy atom. The molecule has 262 valence electrons. The Morgan fingerprint density at radius 2 is 1.43 bits per heavy atom. The summed E-state index contributed by atoms with van der Waals surface area (Å²) in [6.45, 7) is 1.79. The quantitative estimate of drug-likeness (QED) is 0.127. The molecule has 0 bridgehead atoms. The highest BCUT2D eigenvalue weighted by molar-refractivity contribution is 7.90. The maximum absolute atomic E-state index is 13.2. The SMILES string of the molecule is CC1=C(N)C(=NO)CC=C1c1ncccc1C(=O)Nc1ccc(-c2ccccc2S(C)(=O)=O)cc1.O=C(O)C(F)(F)F.O=C(O)C(F)(F)F. The van der Waals surface area contributed by atoms with E-state index in [4.69, 9.17) is 30.7 Å². The summed E-state index contributed by atoms with van der Waals surface area (Å²) in [5, 5.41) is 29.5. The molecule has 4 rings (SSSR count). The van der Waals surface area contributed by atoms with E-state index < -0.39 is 34.1 Å². The molecule has 1 aliphatic carbocycles. The molecule has 0 unspecified atom stereocenters. The number of halogens is 6. The van der Waals surface area contributed by atoms with Crippen molar-refractivity contribution >= 4 is 44.7 Å². The van der Waals surface area contributed by atoms with E-state index in [1.807, 2.05) is 6.08 Å². The Kier molecular flexibility index (Phi) is 12.8. The average molecular weight is 717 g/mol. The highest BCUT2D eigenvalue weighted by Crippen LogP contribution is 2.31. The van der Waals surface area contributed by atoms with Crippen LogP contribution in [-0.4, -0.2) is 71.0 Å². The zero-order chi connectivity index (χ0) is 37.3. The second-order valence-electron chi connectivity index (χ2n) is 9.71. The van der Waals surface area contributed by atoms with Gasteiger partial charge in [-0.05, 0) is 48.4 Å². The molecule has 1 heterocycles. The van der Waals surface area contributed by atoms with Crippen molar-refractivity contribution in [2.24, 2.45) is 10.9 Å². The minimum absolute atomic E-state index is 0.245. The third-order valence-electron chi connectivity index (χ3n) is 6.27. The number of nitrogens with two attached hydrogens (primary N) is 1. The van der Waals surface area contributed by atoms with Crippen molar-refractivity contribution in [3.63, 3.8) is 0 Å². The number of sulfone groups is 1. The number of benzene rings is 2. The van der Waals surface area contributed by atoms with Crippen LogP contribution >= 0.6 is 0 Å². The van der Waals surface area contributed by atoms with Crippen LogP contribution in [0.1, 0.15) is 29.4 Å². The van der Waals surface area contributed by atoms with Gasteiger partial charge in [-0.2, -0.15) is 26.3 Å². The van der Waals surface area contributed by atoms with Crippen LogP contribution < -0.4 is 11.1 Å². The number of hydrogen-bond donors (Lipinski definition) is 5. The summed E-state index contributed by atoms with van der Waals surface area (Å²) in [4.78, 5) is 35.6. The molecule has 2 aromatic carbocycles. The number of nitrogens with one attached hydrogen (secondary N) is 1. The molecule has 0 aliphatic heterocycles. The number of hydrogen-bond acceptors (Lipinski definition) is 9. The molecule has 6 N–H and O–H groups in total. The van der Waals surface area contributed by atoms with Gasteiger partial charge in [0.2, 0.25) is 0 Å². The van der Waals surface area contributed by atoms with Crippen LogP contribution in [0, 0.1) is 0 Å². The molecule has 3 aromatic rings. The summed E-state index contributed by atoms with van der Waals surface area (Å²) in [7, 11) is -3.39. The topological polar surface area (TPSA) is 209 Å². The molecule has 1 aliphatic rings. The van der Waals surface area contributed by atoms with Crippen LogP contribution in [0.5, 0.6) is 0 Å². The van der Waals surface area contributed by atoms with Gasteiger partial charge in [0, 0.05) is 35.7 Å². The van der Waals surface area contributed by atoms with Gasteiger partial charge in [0.25, 0.3) is 5.91 Å². The van der Waals surface area contributed by atoms with Crippen molar-refractivity contribution < 1.29 is 64.6 Å². The van der Waals surface area contributed by atoms with Gasteiger partial charge >= 0.3 is 24.3 Å². The Bertz CT molecular complexity index is 1900. The van der Waals surface area contributed by atoms with Gasteiger partial charge in [-0.1, -0.05) is 41.6 Å². The highest BCUT2D eigenvalue weighted by Gasteiger charge is 2.39. The number of anilines is 1. The Morgan fingerprint density at radius 1 is 0.898 bits per heavy atom. The maximum Gasteiger partial charge on any atom is 0.490 e. The minimum atomic E-state index is -5.08. The van der Waals surface area contributed by atoms with Crippen LogP contribution in [0.2, 0.25) is 0 Å². The van der Waals surface area contributed by atoms with Crippen molar-refractivity contribution in [2.45, 2.75) is 30.6 Å². The van der Waals surface area contributed by atoms with E-state index in [0.717, 1.165) is 5.56 Å². The van der Waals surface area contributed by atoms with Gasteiger partial charge in [-0.15, -0.1) is 0 Å². The lowest BCUT2D eigenvalue weighted by molar-refractivity contribution is -0.193. The average Bonchev–Trinajstić information content (AvgIpc) is 3.02. The molecule has 0 saturated heterocycles. The molecule has 12 nitrogen and oxygen atoms in total. The number of aliphatic carboxylic acids is 2. The fourth-order valence-electron chi connectivity index (χ4n) is 3.96. The first-order chi connectivity index (χ1) is 22.6. The van der Waals surface area contributed by atoms with Gasteiger partial charge in [-0.25, -0.2) is 18.0 Å². The zero-order valence-electron chi connectivity index (χ0n) is 25.2. The Balaban J connectivity index is 0.000000500. The van der Waals surface area contributed by atoms with E-state index in [-0.39, 0.29) is 10.8 Å². The number of aromatic nitrogens is 1. The fourth-order valence-corrected chi connectivity index (χ4v) is 4.87. The van der Waals surface area contributed by atoms with E-state index >= 15 is 0 Å². The van der Waals surface area contributed by atoms with Gasteiger partial charge < -0.3 is 26.5 Å². The zero-order valence-corrected chi connectivity index (χ0v) is 26.0. The summed E-state index contributed by atoms with van der Waals surface area (Å²) in [5.41, 5.74) is 10.9. The number of carbonyl (C=O) groups excluding carboxylic acids is 1. The number of oxime groups is 1. The van der Waals surface area contributed by atoms with Crippen LogP contribution in [0.15, 0.2) is 94.3 Å². The number of carbonyl (C=O) groups is 3. The van der Waals surface area contributed by atoms with Gasteiger partial charge in [0.05, 0.1) is 21.8 Å². The molecule has 1 amide bonds. The third kappa shape index (κ3) is 10.9. The van der Waals surface area contributed by atoms with Crippen molar-refractivity contribution in [3.05, 3.63) is 95.5 Å².